The molecule has 1 unspecified atom stereocenters. The van der Waals surface area contributed by atoms with E-state index >= 15 is 0 Å². The van der Waals surface area contributed by atoms with Gasteiger partial charge < -0.3 is 14.2 Å². The molecule has 1 aromatic carbocycles. The van der Waals surface area contributed by atoms with Gasteiger partial charge in [-0.15, -0.1) is 0 Å². The molecule has 1 aliphatic heterocycles. The van der Waals surface area contributed by atoms with Crippen LogP contribution in [0.3, 0.4) is 0 Å². The fraction of sp³-hybridized carbons (Fsp3) is 0.200. The smallest absolute Gasteiger partial charge is 0.341 e. The van der Waals surface area contributed by atoms with Crippen LogP contribution in [0.2, 0.25) is 0 Å². The van der Waals surface area contributed by atoms with Gasteiger partial charge in [-0.25, -0.2) is 9.59 Å². The predicted octanol–water partition coefficient (Wildman–Crippen LogP) is 2.05. The Bertz CT molecular complexity index is 571. The third-order valence-corrected chi connectivity index (χ3v) is 2.74. The molecule has 0 N–H and O–H groups in total. The Kier molecular flexibility index (Phi) is 4.20. The van der Waals surface area contributed by atoms with Crippen LogP contribution in [0.5, 0.6) is 0 Å². The second-order valence-corrected chi connectivity index (χ2v) is 4.15. The third kappa shape index (κ3) is 3.06. The van der Waals surface area contributed by atoms with Crippen LogP contribution in [0.1, 0.15) is 12.5 Å². The van der Waals surface area contributed by atoms with Crippen molar-refractivity contribution < 1.29 is 23.8 Å². The van der Waals surface area contributed by atoms with Crippen molar-refractivity contribution in [1.82, 2.24) is 0 Å². The monoisotopic (exact) mass is 274 g/mol. The van der Waals surface area contributed by atoms with Crippen molar-refractivity contribution in [3.05, 3.63) is 53.8 Å². The van der Waals surface area contributed by atoms with Crippen LogP contribution in [-0.2, 0) is 23.8 Å². The van der Waals surface area contributed by atoms with E-state index in [0.717, 1.165) is 0 Å². The van der Waals surface area contributed by atoms with Gasteiger partial charge in [-0.05, 0) is 12.5 Å². The minimum absolute atomic E-state index is 0.252. The van der Waals surface area contributed by atoms with Gasteiger partial charge in [0.15, 0.2) is 0 Å². The van der Waals surface area contributed by atoms with Gasteiger partial charge in [0.2, 0.25) is 0 Å². The second-order valence-electron chi connectivity index (χ2n) is 4.15. The maximum absolute atomic E-state index is 11.8. The molecule has 104 valence electrons. The van der Waals surface area contributed by atoms with Gasteiger partial charge in [0.25, 0.3) is 6.29 Å². The Hall–Kier alpha value is -2.56. The first-order chi connectivity index (χ1) is 9.61. The molecule has 2 rings (SSSR count). The summed E-state index contributed by atoms with van der Waals surface area (Å²) in [5.74, 6) is -0.955. The first kappa shape index (κ1) is 13.9. The molecule has 20 heavy (non-hydrogen) atoms. The summed E-state index contributed by atoms with van der Waals surface area (Å²) in [6.07, 6.45) is 1.97. The van der Waals surface area contributed by atoms with Crippen LogP contribution in [0.15, 0.2) is 48.2 Å². The molecule has 0 spiro atoms. The van der Waals surface area contributed by atoms with Gasteiger partial charge >= 0.3 is 11.9 Å². The standard InChI is InChI=1S/C15H14O5/c1-10-8-13(20-14(10)16)19-9-12(15(17)18-2)11-6-4-3-5-7-11/h3-9,13H,1-2H3/b12-9+. The Balaban J connectivity index is 2.18. The topological polar surface area (TPSA) is 61.8 Å². The van der Waals surface area contributed by atoms with E-state index in [4.69, 9.17) is 14.2 Å². The summed E-state index contributed by atoms with van der Waals surface area (Å²) in [5.41, 5.74) is 1.38. The number of carbonyl (C=O) groups is 2. The molecule has 0 radical (unpaired) electrons. The van der Waals surface area contributed by atoms with Crippen LogP contribution < -0.4 is 0 Å². The van der Waals surface area contributed by atoms with E-state index in [1.165, 1.54) is 13.4 Å². The van der Waals surface area contributed by atoms with E-state index in [1.54, 1.807) is 37.3 Å². The molecule has 1 atom stereocenters. The van der Waals surface area contributed by atoms with Gasteiger partial charge in [0.05, 0.1) is 7.11 Å². The van der Waals surface area contributed by atoms with Crippen molar-refractivity contribution in [2.24, 2.45) is 0 Å². The number of esters is 2. The van der Waals surface area contributed by atoms with E-state index in [-0.39, 0.29) is 5.57 Å². The molecule has 0 saturated carbocycles. The molecule has 5 nitrogen and oxygen atoms in total. The number of carbonyl (C=O) groups excluding carboxylic acids is 2. The molecule has 0 fully saturated rings. The number of benzene rings is 1. The Labute approximate surface area is 116 Å². The van der Waals surface area contributed by atoms with Crippen LogP contribution in [0.25, 0.3) is 5.57 Å². The van der Waals surface area contributed by atoms with E-state index in [9.17, 15) is 9.59 Å². The lowest BCUT2D eigenvalue weighted by Crippen LogP contribution is -2.11. The Morgan fingerprint density at radius 1 is 1.30 bits per heavy atom. The number of hydrogen-bond acceptors (Lipinski definition) is 5. The zero-order chi connectivity index (χ0) is 14.5. The molecule has 0 saturated heterocycles. The molecule has 0 amide bonds. The summed E-state index contributed by atoms with van der Waals surface area (Å²) in [7, 11) is 1.29. The summed E-state index contributed by atoms with van der Waals surface area (Å²) in [6.45, 7) is 1.63. The zero-order valence-corrected chi connectivity index (χ0v) is 11.2. The van der Waals surface area contributed by atoms with Crippen molar-refractivity contribution in [3.63, 3.8) is 0 Å². The van der Waals surface area contributed by atoms with Crippen LogP contribution in [0, 0.1) is 0 Å². The van der Waals surface area contributed by atoms with Gasteiger partial charge in [0, 0.05) is 11.6 Å². The van der Waals surface area contributed by atoms with E-state index in [1.807, 2.05) is 6.07 Å². The lowest BCUT2D eigenvalue weighted by Gasteiger charge is -2.10. The third-order valence-electron chi connectivity index (χ3n) is 2.74. The van der Waals surface area contributed by atoms with Crippen molar-refractivity contribution in [2.75, 3.05) is 7.11 Å². The van der Waals surface area contributed by atoms with Gasteiger partial charge in [-0.3, -0.25) is 0 Å². The van der Waals surface area contributed by atoms with Crippen molar-refractivity contribution in [2.45, 2.75) is 13.2 Å². The van der Waals surface area contributed by atoms with E-state index < -0.39 is 18.2 Å². The molecular weight excluding hydrogens is 260 g/mol. The lowest BCUT2D eigenvalue weighted by molar-refractivity contribution is -0.152. The number of hydrogen-bond donors (Lipinski definition) is 0. The Morgan fingerprint density at radius 3 is 2.55 bits per heavy atom. The number of methoxy groups -OCH3 is 1. The fourth-order valence-corrected chi connectivity index (χ4v) is 1.67. The van der Waals surface area contributed by atoms with E-state index in [2.05, 4.69) is 0 Å². The normalized spacial score (nSPS) is 18.3. The quantitative estimate of drug-likeness (QED) is 0.477. The van der Waals surface area contributed by atoms with Crippen molar-refractivity contribution in [3.8, 4) is 0 Å². The highest BCUT2D eigenvalue weighted by molar-refractivity contribution is 6.16. The summed E-state index contributed by atoms with van der Waals surface area (Å²) < 4.78 is 14.9. The summed E-state index contributed by atoms with van der Waals surface area (Å²) in [6, 6.07) is 8.95. The second kappa shape index (κ2) is 6.06. The molecule has 0 aliphatic carbocycles. The van der Waals surface area contributed by atoms with Crippen molar-refractivity contribution >= 4 is 17.5 Å². The van der Waals surface area contributed by atoms with Gasteiger partial charge in [-0.2, -0.15) is 0 Å². The highest BCUT2D eigenvalue weighted by Gasteiger charge is 2.23. The molecule has 5 heteroatoms. The summed E-state index contributed by atoms with van der Waals surface area (Å²) >= 11 is 0. The fourth-order valence-electron chi connectivity index (χ4n) is 1.67. The lowest BCUT2D eigenvalue weighted by atomic mass is 10.1. The largest absolute Gasteiger partial charge is 0.465 e. The maximum atomic E-state index is 11.8. The van der Waals surface area contributed by atoms with Gasteiger partial charge in [0.1, 0.15) is 11.8 Å². The highest BCUT2D eigenvalue weighted by atomic mass is 16.7. The maximum Gasteiger partial charge on any atom is 0.341 e. The van der Waals surface area contributed by atoms with Crippen molar-refractivity contribution in [1.29, 1.82) is 0 Å². The molecule has 1 heterocycles. The molecule has 0 bridgehead atoms. The molecule has 0 aromatic heterocycles. The first-order valence-corrected chi connectivity index (χ1v) is 6.00. The minimum atomic E-state index is -0.814. The number of rotatable bonds is 4. The molecule has 1 aromatic rings. The Morgan fingerprint density at radius 2 is 2.00 bits per heavy atom. The predicted molar refractivity (Wildman–Crippen MR) is 71.2 cm³/mol. The van der Waals surface area contributed by atoms with E-state index in [0.29, 0.717) is 11.1 Å². The summed E-state index contributed by atoms with van der Waals surface area (Å²) in [4.78, 5) is 23.0. The molecule has 1 aliphatic rings. The average Bonchev–Trinajstić information content (AvgIpc) is 2.78. The number of cyclic esters (lactones) is 1. The average molecular weight is 274 g/mol. The minimum Gasteiger partial charge on any atom is -0.465 e. The number of ether oxygens (including phenoxy) is 3. The first-order valence-electron chi connectivity index (χ1n) is 6.00. The van der Waals surface area contributed by atoms with Crippen LogP contribution in [-0.4, -0.2) is 25.3 Å². The van der Waals surface area contributed by atoms with Crippen LogP contribution in [0.4, 0.5) is 0 Å². The molecular formula is C15H14O5. The highest BCUT2D eigenvalue weighted by Crippen LogP contribution is 2.19. The summed E-state index contributed by atoms with van der Waals surface area (Å²) in [5, 5.41) is 0. The SMILES string of the molecule is COC(=O)/C(=C/OC1C=C(C)C(=O)O1)c1ccccc1. The van der Waals surface area contributed by atoms with Gasteiger partial charge in [-0.1, -0.05) is 30.3 Å². The van der Waals surface area contributed by atoms with Crippen LogP contribution >= 0.6 is 0 Å². The zero-order valence-electron chi connectivity index (χ0n) is 11.2.